The first-order valence-electron chi connectivity index (χ1n) is 7.35. The van der Waals surface area contributed by atoms with Crippen molar-refractivity contribution in [2.45, 2.75) is 6.61 Å². The summed E-state index contributed by atoms with van der Waals surface area (Å²) in [4.78, 5) is 26.5. The molecule has 2 heterocycles. The third kappa shape index (κ3) is 4.01. The van der Waals surface area contributed by atoms with Gasteiger partial charge in [0.15, 0.2) is 5.65 Å². The molecule has 0 fully saturated rings. The molecular formula is C17H11Cl2N3O4. The second-order valence-electron chi connectivity index (χ2n) is 5.23. The number of para-hydroxylation sites is 1. The molecular weight excluding hydrogens is 381 g/mol. The summed E-state index contributed by atoms with van der Waals surface area (Å²) in [5.41, 5.74) is 1.20. The largest absolute Gasteiger partial charge is 0.456 e. The maximum Gasteiger partial charge on any atom is 0.331 e. The monoisotopic (exact) mass is 391 g/mol. The van der Waals surface area contributed by atoms with E-state index in [1.807, 2.05) is 0 Å². The summed E-state index contributed by atoms with van der Waals surface area (Å²) in [6.07, 6.45) is 5.74. The van der Waals surface area contributed by atoms with Gasteiger partial charge in [0.2, 0.25) is 0 Å². The number of rotatable bonds is 5. The first-order valence-corrected chi connectivity index (χ1v) is 8.10. The van der Waals surface area contributed by atoms with Crippen LogP contribution >= 0.6 is 23.2 Å². The molecule has 0 saturated heterocycles. The highest BCUT2D eigenvalue weighted by Crippen LogP contribution is 2.22. The summed E-state index contributed by atoms with van der Waals surface area (Å²) in [6, 6.07) is 7.65. The molecule has 2 aromatic heterocycles. The van der Waals surface area contributed by atoms with E-state index in [4.69, 9.17) is 27.9 Å². The van der Waals surface area contributed by atoms with E-state index >= 15 is 0 Å². The summed E-state index contributed by atoms with van der Waals surface area (Å²) < 4.78 is 6.74. The van der Waals surface area contributed by atoms with Gasteiger partial charge in [-0.1, -0.05) is 35.3 Å². The van der Waals surface area contributed by atoms with Crippen molar-refractivity contribution in [2.75, 3.05) is 0 Å². The number of aromatic nitrogens is 2. The lowest BCUT2D eigenvalue weighted by atomic mass is 10.1. The van der Waals surface area contributed by atoms with Gasteiger partial charge in [-0.2, -0.15) is 0 Å². The van der Waals surface area contributed by atoms with E-state index in [0.29, 0.717) is 26.9 Å². The predicted molar refractivity (Wildman–Crippen MR) is 97.1 cm³/mol. The van der Waals surface area contributed by atoms with Crippen LogP contribution in [0.5, 0.6) is 0 Å². The second kappa shape index (κ2) is 7.55. The van der Waals surface area contributed by atoms with E-state index in [-0.39, 0.29) is 12.3 Å². The number of fused-ring (bicyclic) bond motifs is 1. The second-order valence-corrected chi connectivity index (χ2v) is 6.07. The summed E-state index contributed by atoms with van der Waals surface area (Å²) in [5.74, 6) is -0.649. The normalized spacial score (nSPS) is 11.2. The lowest BCUT2D eigenvalue weighted by molar-refractivity contribution is -0.385. The minimum absolute atomic E-state index is 0.0737. The van der Waals surface area contributed by atoms with Gasteiger partial charge in [0.1, 0.15) is 6.61 Å². The molecule has 132 valence electrons. The number of carbonyl (C=O) groups is 1. The summed E-state index contributed by atoms with van der Waals surface area (Å²) >= 11 is 12.0. The van der Waals surface area contributed by atoms with Crippen molar-refractivity contribution in [3.8, 4) is 0 Å². The molecule has 0 aliphatic carbocycles. The number of imidazole rings is 1. The Morgan fingerprint density at radius 1 is 1.31 bits per heavy atom. The van der Waals surface area contributed by atoms with Gasteiger partial charge in [-0.05, 0) is 18.2 Å². The lowest BCUT2D eigenvalue weighted by Gasteiger charge is -1.99. The Morgan fingerprint density at radius 3 is 2.85 bits per heavy atom. The number of nitro benzene ring substituents is 1. The number of nitrogens with zero attached hydrogens (tertiary/aromatic N) is 3. The number of ether oxygens (including phenoxy) is 1. The van der Waals surface area contributed by atoms with E-state index in [1.165, 1.54) is 18.2 Å². The molecule has 0 N–H and O–H groups in total. The molecule has 0 saturated carbocycles. The topological polar surface area (TPSA) is 86.7 Å². The van der Waals surface area contributed by atoms with Crippen LogP contribution in [0.4, 0.5) is 5.69 Å². The van der Waals surface area contributed by atoms with Crippen molar-refractivity contribution >= 4 is 46.6 Å². The highest BCUT2D eigenvalue weighted by atomic mass is 35.5. The molecule has 0 aliphatic heterocycles. The maximum atomic E-state index is 11.8. The molecule has 1 aromatic carbocycles. The number of nitro groups is 1. The zero-order valence-electron chi connectivity index (χ0n) is 13.1. The highest BCUT2D eigenvalue weighted by molar-refractivity contribution is 6.36. The molecule has 3 aromatic rings. The number of esters is 1. The Labute approximate surface area is 157 Å². The zero-order valence-corrected chi connectivity index (χ0v) is 14.6. The standard InChI is InChI=1S/C17H11Cl2N3O4/c18-12-7-14(19)17-20-13(9-21(17)8-12)10-26-16(23)6-5-11-3-1-2-4-15(11)22(24)25/h1-9H,10H2/b6-5+. The summed E-state index contributed by atoms with van der Waals surface area (Å²) in [5, 5.41) is 11.8. The zero-order chi connectivity index (χ0) is 18.7. The predicted octanol–water partition coefficient (Wildman–Crippen LogP) is 4.31. The van der Waals surface area contributed by atoms with Crippen LogP contribution in [-0.4, -0.2) is 20.3 Å². The first kappa shape index (κ1) is 17.9. The van der Waals surface area contributed by atoms with Crippen LogP contribution < -0.4 is 0 Å². The van der Waals surface area contributed by atoms with Crippen LogP contribution in [0.2, 0.25) is 10.0 Å². The molecule has 3 rings (SSSR count). The molecule has 0 unspecified atom stereocenters. The molecule has 26 heavy (non-hydrogen) atoms. The van der Waals surface area contributed by atoms with Crippen LogP contribution in [0.1, 0.15) is 11.3 Å². The molecule has 0 radical (unpaired) electrons. The van der Waals surface area contributed by atoms with Gasteiger partial charge in [-0.25, -0.2) is 9.78 Å². The third-order valence-electron chi connectivity index (χ3n) is 3.42. The average Bonchev–Trinajstić information content (AvgIpc) is 3.01. The van der Waals surface area contributed by atoms with E-state index in [1.54, 1.807) is 35.0 Å². The molecule has 7 nitrogen and oxygen atoms in total. The molecule has 0 bridgehead atoms. The van der Waals surface area contributed by atoms with Gasteiger partial charge < -0.3 is 9.14 Å². The Bertz CT molecular complexity index is 1030. The quantitative estimate of drug-likeness (QED) is 0.280. The van der Waals surface area contributed by atoms with E-state index < -0.39 is 10.9 Å². The minimum Gasteiger partial charge on any atom is -0.456 e. The van der Waals surface area contributed by atoms with Gasteiger partial charge in [0, 0.05) is 24.5 Å². The van der Waals surface area contributed by atoms with Crippen molar-refractivity contribution in [1.29, 1.82) is 0 Å². The first-order chi connectivity index (χ1) is 12.4. The van der Waals surface area contributed by atoms with Crippen molar-refractivity contribution in [1.82, 2.24) is 9.38 Å². The van der Waals surface area contributed by atoms with Crippen molar-refractivity contribution in [2.24, 2.45) is 0 Å². The fraction of sp³-hybridized carbons (Fsp3) is 0.0588. The highest BCUT2D eigenvalue weighted by Gasteiger charge is 2.11. The number of halogens is 2. The van der Waals surface area contributed by atoms with Crippen molar-refractivity contribution in [3.05, 3.63) is 80.2 Å². The molecule has 0 amide bonds. The average molecular weight is 392 g/mol. The molecule has 0 atom stereocenters. The Morgan fingerprint density at radius 2 is 2.08 bits per heavy atom. The van der Waals surface area contributed by atoms with Crippen molar-refractivity contribution in [3.63, 3.8) is 0 Å². The van der Waals surface area contributed by atoms with Gasteiger partial charge in [-0.3, -0.25) is 10.1 Å². The van der Waals surface area contributed by atoms with Gasteiger partial charge in [0.05, 0.1) is 26.2 Å². The number of hydrogen-bond acceptors (Lipinski definition) is 5. The van der Waals surface area contributed by atoms with E-state index in [9.17, 15) is 14.9 Å². The fourth-order valence-corrected chi connectivity index (χ4v) is 2.82. The summed E-state index contributed by atoms with van der Waals surface area (Å²) in [7, 11) is 0. The minimum atomic E-state index is -0.649. The van der Waals surface area contributed by atoms with Gasteiger partial charge in [-0.15, -0.1) is 0 Å². The number of pyridine rings is 1. The van der Waals surface area contributed by atoms with Gasteiger partial charge in [0.25, 0.3) is 5.69 Å². The lowest BCUT2D eigenvalue weighted by Crippen LogP contribution is -2.01. The summed E-state index contributed by atoms with van der Waals surface area (Å²) in [6.45, 7) is -0.0737. The van der Waals surface area contributed by atoms with E-state index in [2.05, 4.69) is 4.98 Å². The van der Waals surface area contributed by atoms with Crippen LogP contribution in [-0.2, 0) is 16.1 Å². The number of carbonyl (C=O) groups excluding carboxylic acids is 1. The van der Waals surface area contributed by atoms with Crippen LogP contribution in [0.3, 0.4) is 0 Å². The van der Waals surface area contributed by atoms with Crippen LogP contribution in [0.25, 0.3) is 11.7 Å². The van der Waals surface area contributed by atoms with E-state index in [0.717, 1.165) is 6.08 Å². The Balaban J connectivity index is 1.68. The van der Waals surface area contributed by atoms with Crippen LogP contribution in [0.15, 0.2) is 48.8 Å². The molecule has 0 aliphatic rings. The third-order valence-corrected chi connectivity index (χ3v) is 3.90. The fourth-order valence-electron chi connectivity index (χ4n) is 2.29. The van der Waals surface area contributed by atoms with Gasteiger partial charge >= 0.3 is 5.97 Å². The molecule has 9 heteroatoms. The van der Waals surface area contributed by atoms with Crippen molar-refractivity contribution < 1.29 is 14.5 Å². The smallest absolute Gasteiger partial charge is 0.331 e. The number of benzene rings is 1. The Kier molecular flexibility index (Phi) is 5.20. The Hall–Kier alpha value is -2.90. The maximum absolute atomic E-state index is 11.8. The SMILES string of the molecule is O=C(/C=C/c1ccccc1[N+](=O)[O-])OCc1cn2cc(Cl)cc(Cl)c2n1. The molecule has 0 spiro atoms. The van der Waals surface area contributed by atoms with Crippen LogP contribution in [0, 0.1) is 10.1 Å². The number of hydrogen-bond donors (Lipinski definition) is 0.